The summed E-state index contributed by atoms with van der Waals surface area (Å²) in [4.78, 5) is 26.7. The fourth-order valence-corrected chi connectivity index (χ4v) is 2.36. The average Bonchev–Trinajstić information content (AvgIpc) is 2.87. The molecule has 6 heteroatoms. The molecular weight excluding hydrogens is 310 g/mol. The molecule has 6 nitrogen and oxygen atoms in total. The topological polar surface area (TPSA) is 77.6 Å². The number of H-pyrrole nitrogens is 1. The van der Waals surface area contributed by atoms with Crippen molar-refractivity contribution in [2.45, 2.75) is 20.8 Å². The zero-order valence-electron chi connectivity index (χ0n) is 14.3. The van der Waals surface area contributed by atoms with Crippen molar-refractivity contribution in [3.63, 3.8) is 0 Å². The second kappa shape index (κ2) is 7.68. The Labute approximate surface area is 140 Å². The van der Waals surface area contributed by atoms with Gasteiger partial charge in [0, 0.05) is 5.69 Å². The Bertz CT molecular complexity index is 731. The number of hydrogen-bond acceptors (Lipinski definition) is 5. The lowest BCUT2D eigenvalue weighted by Crippen LogP contribution is -2.13. The maximum Gasteiger partial charge on any atom is 0.355 e. The van der Waals surface area contributed by atoms with Crippen molar-refractivity contribution in [3.8, 4) is 5.75 Å². The zero-order valence-corrected chi connectivity index (χ0v) is 14.3. The molecule has 0 unspecified atom stereocenters. The Morgan fingerprint density at radius 2 is 1.67 bits per heavy atom. The first-order valence-electron chi connectivity index (χ1n) is 7.58. The first-order chi connectivity index (χ1) is 11.4. The molecule has 1 N–H and O–H groups in total. The third kappa shape index (κ3) is 3.95. The van der Waals surface area contributed by atoms with Crippen LogP contribution in [0.3, 0.4) is 0 Å². The molecule has 0 radical (unpaired) electrons. The van der Waals surface area contributed by atoms with Gasteiger partial charge in [-0.2, -0.15) is 0 Å². The highest BCUT2D eigenvalue weighted by Crippen LogP contribution is 2.19. The predicted molar refractivity (Wildman–Crippen MR) is 88.6 cm³/mol. The van der Waals surface area contributed by atoms with Crippen LogP contribution in [0.5, 0.6) is 5.75 Å². The molecule has 0 saturated heterocycles. The Kier molecular flexibility index (Phi) is 5.63. The van der Waals surface area contributed by atoms with E-state index in [1.807, 2.05) is 31.2 Å². The maximum atomic E-state index is 12.1. The third-order valence-electron chi connectivity index (χ3n) is 3.64. The largest absolute Gasteiger partial charge is 0.490 e. The van der Waals surface area contributed by atoms with Crippen LogP contribution in [0.15, 0.2) is 24.3 Å². The Morgan fingerprint density at radius 3 is 2.29 bits per heavy atom. The monoisotopic (exact) mass is 331 g/mol. The highest BCUT2D eigenvalue weighted by Gasteiger charge is 2.23. The van der Waals surface area contributed by atoms with E-state index in [2.05, 4.69) is 4.98 Å². The Morgan fingerprint density at radius 1 is 1.00 bits per heavy atom. The molecule has 24 heavy (non-hydrogen) atoms. The summed E-state index contributed by atoms with van der Waals surface area (Å²) in [7, 11) is 1.30. The predicted octanol–water partition coefficient (Wildman–Crippen LogP) is 2.96. The third-order valence-corrected chi connectivity index (χ3v) is 3.64. The molecule has 1 aromatic carbocycles. The summed E-state index contributed by atoms with van der Waals surface area (Å²) in [6.07, 6.45) is 0. The molecule has 0 spiro atoms. The molecule has 0 fully saturated rings. The van der Waals surface area contributed by atoms with Gasteiger partial charge in [-0.25, -0.2) is 9.59 Å². The van der Waals surface area contributed by atoms with E-state index in [0.717, 1.165) is 11.3 Å². The van der Waals surface area contributed by atoms with Gasteiger partial charge in [0.2, 0.25) is 0 Å². The highest BCUT2D eigenvalue weighted by atomic mass is 16.6. The summed E-state index contributed by atoms with van der Waals surface area (Å²) in [6.45, 7) is 5.73. The highest BCUT2D eigenvalue weighted by molar-refractivity contribution is 5.98. The van der Waals surface area contributed by atoms with E-state index in [-0.39, 0.29) is 18.9 Å². The first kappa shape index (κ1) is 17.6. The molecule has 0 saturated carbocycles. The van der Waals surface area contributed by atoms with Crippen molar-refractivity contribution >= 4 is 11.9 Å². The lowest BCUT2D eigenvalue weighted by Gasteiger charge is -2.07. The van der Waals surface area contributed by atoms with Gasteiger partial charge in [0.15, 0.2) is 0 Å². The molecule has 0 aliphatic rings. The lowest BCUT2D eigenvalue weighted by molar-refractivity contribution is 0.0443. The lowest BCUT2D eigenvalue weighted by atomic mass is 10.1. The summed E-state index contributed by atoms with van der Waals surface area (Å²) >= 11 is 0. The van der Waals surface area contributed by atoms with Crippen LogP contribution >= 0.6 is 0 Å². The standard InChI is InChI=1S/C18H21NO5/c1-11-5-7-14(8-6-11)23-9-10-24-18(21)16-12(2)15(13(3)19-16)17(20)22-4/h5-8,19H,9-10H2,1-4H3. The van der Waals surface area contributed by atoms with Crippen molar-refractivity contribution in [3.05, 3.63) is 52.3 Å². The number of ether oxygens (including phenoxy) is 3. The molecule has 0 atom stereocenters. The van der Waals surface area contributed by atoms with Crippen molar-refractivity contribution in [1.82, 2.24) is 4.98 Å². The van der Waals surface area contributed by atoms with Gasteiger partial charge in [-0.05, 0) is 38.5 Å². The number of methoxy groups -OCH3 is 1. The minimum absolute atomic E-state index is 0.109. The Hall–Kier alpha value is -2.76. The fourth-order valence-electron chi connectivity index (χ4n) is 2.36. The zero-order chi connectivity index (χ0) is 17.7. The van der Waals surface area contributed by atoms with Crippen LogP contribution in [0.2, 0.25) is 0 Å². The van der Waals surface area contributed by atoms with Gasteiger partial charge in [-0.15, -0.1) is 0 Å². The Balaban J connectivity index is 1.91. The minimum atomic E-state index is -0.529. The first-order valence-corrected chi connectivity index (χ1v) is 7.58. The van der Waals surface area contributed by atoms with E-state index < -0.39 is 11.9 Å². The van der Waals surface area contributed by atoms with Crippen LogP contribution in [-0.2, 0) is 9.47 Å². The van der Waals surface area contributed by atoms with Crippen molar-refractivity contribution in [2.24, 2.45) is 0 Å². The minimum Gasteiger partial charge on any atom is -0.490 e. The molecule has 0 aliphatic carbocycles. The number of esters is 2. The molecule has 1 heterocycles. The van der Waals surface area contributed by atoms with Crippen molar-refractivity contribution in [1.29, 1.82) is 0 Å². The van der Waals surface area contributed by atoms with E-state index in [4.69, 9.17) is 14.2 Å². The van der Waals surface area contributed by atoms with Crippen LogP contribution in [-0.4, -0.2) is 37.2 Å². The summed E-state index contributed by atoms with van der Waals surface area (Å²) in [5.74, 6) is -0.294. The fraction of sp³-hybridized carbons (Fsp3) is 0.333. The summed E-state index contributed by atoms with van der Waals surface area (Å²) < 4.78 is 15.4. The van der Waals surface area contributed by atoms with Crippen LogP contribution in [0.25, 0.3) is 0 Å². The van der Waals surface area contributed by atoms with Crippen LogP contribution in [0.4, 0.5) is 0 Å². The number of nitrogens with one attached hydrogen (secondary N) is 1. The molecule has 1 aromatic heterocycles. The van der Waals surface area contributed by atoms with E-state index >= 15 is 0 Å². The van der Waals surface area contributed by atoms with E-state index in [1.165, 1.54) is 7.11 Å². The van der Waals surface area contributed by atoms with Crippen LogP contribution in [0.1, 0.15) is 37.7 Å². The second-order valence-electron chi connectivity index (χ2n) is 5.41. The number of hydrogen-bond donors (Lipinski definition) is 1. The molecule has 0 aliphatic heterocycles. The van der Waals surface area contributed by atoms with E-state index in [1.54, 1.807) is 13.8 Å². The molecular formula is C18H21NO5. The van der Waals surface area contributed by atoms with Gasteiger partial charge < -0.3 is 19.2 Å². The smallest absolute Gasteiger partial charge is 0.355 e. The molecule has 2 aromatic rings. The molecule has 0 amide bonds. The number of aryl methyl sites for hydroxylation is 2. The average molecular weight is 331 g/mol. The van der Waals surface area contributed by atoms with E-state index in [0.29, 0.717) is 16.8 Å². The van der Waals surface area contributed by atoms with Gasteiger partial charge in [-0.1, -0.05) is 17.7 Å². The van der Waals surface area contributed by atoms with Crippen LogP contribution < -0.4 is 4.74 Å². The number of carbonyl (C=O) groups excluding carboxylic acids is 2. The van der Waals surface area contributed by atoms with Crippen LogP contribution in [0, 0.1) is 20.8 Å². The maximum absolute atomic E-state index is 12.1. The second-order valence-corrected chi connectivity index (χ2v) is 5.41. The SMILES string of the molecule is COC(=O)c1c(C)[nH]c(C(=O)OCCOc2ccc(C)cc2)c1C. The number of aromatic amines is 1. The quantitative estimate of drug-likeness (QED) is 0.650. The van der Waals surface area contributed by atoms with Gasteiger partial charge in [0.05, 0.1) is 12.7 Å². The summed E-state index contributed by atoms with van der Waals surface area (Å²) in [5, 5.41) is 0. The number of carbonyl (C=O) groups is 2. The number of benzene rings is 1. The molecule has 128 valence electrons. The number of rotatable bonds is 6. The molecule has 0 bridgehead atoms. The van der Waals surface area contributed by atoms with Gasteiger partial charge in [-0.3, -0.25) is 0 Å². The van der Waals surface area contributed by atoms with Gasteiger partial charge in [0.25, 0.3) is 0 Å². The summed E-state index contributed by atoms with van der Waals surface area (Å²) in [5.41, 5.74) is 2.85. The molecule has 2 rings (SSSR count). The van der Waals surface area contributed by atoms with Crippen molar-refractivity contribution < 1.29 is 23.8 Å². The normalized spacial score (nSPS) is 10.3. The van der Waals surface area contributed by atoms with Crippen molar-refractivity contribution in [2.75, 3.05) is 20.3 Å². The van der Waals surface area contributed by atoms with Gasteiger partial charge >= 0.3 is 11.9 Å². The number of aromatic nitrogens is 1. The van der Waals surface area contributed by atoms with E-state index in [9.17, 15) is 9.59 Å². The summed E-state index contributed by atoms with van der Waals surface area (Å²) in [6, 6.07) is 7.61. The van der Waals surface area contributed by atoms with Gasteiger partial charge in [0.1, 0.15) is 24.7 Å².